The maximum Gasteiger partial charge on any atom is -0.0771 e. The summed E-state index contributed by atoms with van der Waals surface area (Å²) in [6, 6.07) is 44.3. The predicted molar refractivity (Wildman–Crippen MR) is 152 cm³/mol. The zero-order valence-electron chi connectivity index (χ0n) is 19.8. The van der Waals surface area contributed by atoms with Gasteiger partial charge in [-0.05, 0) is 0 Å². The van der Waals surface area contributed by atoms with Crippen molar-refractivity contribution in [1.29, 1.82) is 0 Å². The molecule has 0 atom stereocenters. The molecule has 1 nitrogen and oxygen atoms in total. The summed E-state index contributed by atoms with van der Waals surface area (Å²) in [5.74, 6) is 0. The van der Waals surface area contributed by atoms with E-state index in [4.69, 9.17) is 5.73 Å². The van der Waals surface area contributed by atoms with Crippen LogP contribution in [0, 0.1) is 12.1 Å². The molecule has 0 saturated heterocycles. The summed E-state index contributed by atoms with van der Waals surface area (Å²) in [4.78, 5) is 0. The van der Waals surface area contributed by atoms with Crippen molar-refractivity contribution in [2.24, 2.45) is 0 Å². The third-order valence-corrected chi connectivity index (χ3v) is 3.74. The van der Waals surface area contributed by atoms with Crippen LogP contribution in [0.15, 0.2) is 115 Å². The Balaban J connectivity index is 0. The molecule has 0 saturated carbocycles. The van der Waals surface area contributed by atoms with E-state index in [2.05, 4.69) is 74.4 Å². The van der Waals surface area contributed by atoms with Crippen LogP contribution in [-0.2, 0) is 19.2 Å². The molecule has 0 amide bonds. The van der Waals surface area contributed by atoms with E-state index in [0.717, 1.165) is 0 Å². The van der Waals surface area contributed by atoms with Gasteiger partial charge in [-0.1, -0.05) is 57.2 Å². The summed E-state index contributed by atoms with van der Waals surface area (Å²) < 4.78 is 0. The molecule has 0 aliphatic rings. The average molecular weight is 540 g/mol. The minimum Gasteiger partial charge on any atom is -0.184 e. The van der Waals surface area contributed by atoms with Gasteiger partial charge in [0.1, 0.15) is 0 Å². The minimum atomic E-state index is -0.250. The Labute approximate surface area is 231 Å². The second-order valence-corrected chi connectivity index (χ2v) is 7.72. The molecular formula is C29H31Cl2NSiTi-4. The average Bonchev–Trinajstić information content (AvgIpc) is 3.21. The fourth-order valence-corrected chi connectivity index (χ4v) is 2.59. The van der Waals surface area contributed by atoms with Crippen molar-refractivity contribution in [3.8, 4) is 0 Å². The summed E-state index contributed by atoms with van der Waals surface area (Å²) in [6.45, 7) is 5.56. The second-order valence-electron chi connectivity index (χ2n) is 7.72. The Hall–Kier alpha value is -1.78. The van der Waals surface area contributed by atoms with Crippen LogP contribution in [-0.4, -0.2) is 13.2 Å². The van der Waals surface area contributed by atoms with Crippen LogP contribution < -0.4 is 0 Å². The molecule has 0 heterocycles. The van der Waals surface area contributed by atoms with E-state index < -0.39 is 0 Å². The molecule has 5 aromatic rings. The van der Waals surface area contributed by atoms with Gasteiger partial charge in [0, 0.05) is 0 Å². The van der Waals surface area contributed by atoms with E-state index in [1.807, 2.05) is 81.4 Å². The van der Waals surface area contributed by atoms with Gasteiger partial charge < -0.3 is 5.73 Å². The topological polar surface area (TPSA) is 23.8 Å². The Morgan fingerprint density at radius 3 is 1.15 bits per heavy atom. The van der Waals surface area contributed by atoms with E-state index >= 15 is 0 Å². The fraction of sp³-hybridized carbons (Fsp3) is 0.138. The summed E-state index contributed by atoms with van der Waals surface area (Å²) in [5, 5.41) is 5.39. The number of hydrogen-bond acceptors (Lipinski definition) is 0. The van der Waals surface area contributed by atoms with Crippen LogP contribution >= 0.6 is 24.8 Å². The molecule has 2 radical (unpaired) electrons. The molecule has 0 aromatic heterocycles. The number of nitrogens with one attached hydrogen (secondary N) is 1. The first-order valence-electron chi connectivity index (χ1n) is 10.3. The van der Waals surface area contributed by atoms with Crippen molar-refractivity contribution in [3.63, 3.8) is 0 Å². The first-order chi connectivity index (χ1) is 15.4. The first-order valence-corrected chi connectivity index (χ1v) is 13.1. The standard InChI is InChI=1S/C13H9.2C6H5.C4H10N.2ClH.Si.Ti/c1-3-7-12-10(5-1)9-11-6-2-4-8-13(11)12;2*1-2-4-6-5-3-1;1-4(2,3)5;;;;/h1-9H;2*1-5H;5H,1-3H3;2*1H;;/q4*-1;;;;. The van der Waals surface area contributed by atoms with Gasteiger partial charge in [-0.3, -0.25) is 0 Å². The Kier molecular flexibility index (Phi) is 20.8. The molecule has 5 rings (SSSR count). The van der Waals surface area contributed by atoms with Crippen molar-refractivity contribution in [2.75, 3.05) is 0 Å². The van der Waals surface area contributed by atoms with Gasteiger partial charge in [0.05, 0.1) is 0 Å². The summed E-state index contributed by atoms with van der Waals surface area (Å²) in [5.41, 5.74) is 6.69. The quantitative estimate of drug-likeness (QED) is 0.138. The molecule has 0 bridgehead atoms. The van der Waals surface area contributed by atoms with Crippen LogP contribution in [0.1, 0.15) is 20.8 Å². The van der Waals surface area contributed by atoms with Crippen molar-refractivity contribution in [3.05, 3.63) is 133 Å². The van der Waals surface area contributed by atoms with E-state index in [1.54, 1.807) is 19.2 Å². The van der Waals surface area contributed by atoms with Gasteiger partial charge in [0.15, 0.2) is 0 Å². The molecule has 0 aliphatic heterocycles. The van der Waals surface area contributed by atoms with Crippen LogP contribution in [0.2, 0.25) is 0 Å². The van der Waals surface area contributed by atoms with Crippen molar-refractivity contribution < 1.29 is 19.2 Å². The third kappa shape index (κ3) is 16.0. The van der Waals surface area contributed by atoms with E-state index in [9.17, 15) is 0 Å². The van der Waals surface area contributed by atoms with E-state index in [-0.39, 0.29) is 30.4 Å². The predicted octanol–water partition coefficient (Wildman–Crippen LogP) is 8.98. The molecule has 0 aliphatic carbocycles. The summed E-state index contributed by atoms with van der Waals surface area (Å²) in [6.07, 6.45) is 0. The first kappa shape index (κ1) is 34.4. The number of halogens is 2. The Bertz CT molecular complexity index is 969. The maximum absolute atomic E-state index is 6.94. The van der Waals surface area contributed by atoms with Crippen molar-refractivity contribution >= 4 is 54.0 Å². The monoisotopic (exact) mass is 539 g/mol. The van der Waals surface area contributed by atoms with Gasteiger partial charge in [-0.15, -0.1) is 70.1 Å². The molecule has 34 heavy (non-hydrogen) atoms. The van der Waals surface area contributed by atoms with E-state index in [0.29, 0.717) is 0 Å². The number of benzene rings is 4. The minimum absolute atomic E-state index is 0. The number of rotatable bonds is 0. The maximum atomic E-state index is 6.94. The van der Waals surface area contributed by atoms with Gasteiger partial charge in [0.2, 0.25) is 0 Å². The molecule has 0 unspecified atom stereocenters. The normalized spacial score (nSPS) is 8.91. The summed E-state index contributed by atoms with van der Waals surface area (Å²) in [7, 11) is 2.97. The smallest absolute Gasteiger partial charge is 0.0771 e. The molecule has 0 spiro atoms. The van der Waals surface area contributed by atoms with Gasteiger partial charge >= 0.3 is 26.8 Å². The Morgan fingerprint density at radius 1 is 0.618 bits per heavy atom. The molecule has 5 heteroatoms. The van der Waals surface area contributed by atoms with Gasteiger partial charge in [0.25, 0.3) is 0 Å². The molecular weight excluding hydrogens is 509 g/mol. The zero-order valence-corrected chi connectivity index (χ0v) is 24.0. The van der Waals surface area contributed by atoms with Gasteiger partial charge in [-0.25, -0.2) is 0 Å². The number of fused-ring (bicyclic) bond motifs is 3. The number of hydrogen-bond donors (Lipinski definition) is 0. The van der Waals surface area contributed by atoms with Crippen LogP contribution in [0.4, 0.5) is 0 Å². The second kappa shape index (κ2) is 20.6. The fourth-order valence-electron chi connectivity index (χ4n) is 2.59. The molecule has 1 N–H and O–H groups in total. The van der Waals surface area contributed by atoms with E-state index in [1.165, 1.54) is 21.5 Å². The van der Waals surface area contributed by atoms with Crippen molar-refractivity contribution in [1.82, 2.24) is 0 Å². The SMILES string of the molecule is CC(C)(C)[NH-].Cl.Cl.[Si]=[Ti].[c-]1ccccc1.[c-]1ccccc1.c1ccc2c(c1)[cH-]c1ccccc12. The third-order valence-electron chi connectivity index (χ3n) is 3.74. The van der Waals surface area contributed by atoms with Crippen LogP contribution in [0.5, 0.6) is 0 Å². The zero-order chi connectivity index (χ0) is 23.7. The van der Waals surface area contributed by atoms with Gasteiger partial charge in [-0.2, -0.15) is 72.8 Å². The molecule has 5 aromatic carbocycles. The summed E-state index contributed by atoms with van der Waals surface area (Å²) >= 11 is 1.81. The van der Waals surface area contributed by atoms with Crippen molar-refractivity contribution in [2.45, 2.75) is 26.3 Å². The molecule has 0 fully saturated rings. The Morgan fingerprint density at radius 2 is 0.912 bits per heavy atom. The van der Waals surface area contributed by atoms with Crippen LogP contribution in [0.25, 0.3) is 27.3 Å². The van der Waals surface area contributed by atoms with Crippen LogP contribution in [0.3, 0.4) is 0 Å². The molecule has 178 valence electrons. The largest absolute Gasteiger partial charge is 0.184 e.